The number of aliphatic hydroxyl groups excluding tert-OH is 2. The lowest BCUT2D eigenvalue weighted by atomic mass is 10.0. The first-order valence-electron chi connectivity index (χ1n) is 41.6. The minimum Gasteiger partial charge on any atom is -0.466 e. The molecular weight excluding hydrogens is 1100 g/mol. The van der Waals surface area contributed by atoms with Gasteiger partial charge in [0.15, 0.2) is 0 Å². The molecule has 0 aromatic carbocycles. The van der Waals surface area contributed by atoms with Crippen molar-refractivity contribution in [3.05, 3.63) is 24.3 Å². The van der Waals surface area contributed by atoms with Crippen molar-refractivity contribution in [3.8, 4) is 0 Å². The third kappa shape index (κ3) is 75.4. The number of rotatable bonds is 79. The van der Waals surface area contributed by atoms with Crippen molar-refractivity contribution in [1.82, 2.24) is 5.32 Å². The van der Waals surface area contributed by atoms with Gasteiger partial charge in [0.1, 0.15) is 0 Å². The number of hydrogen-bond donors (Lipinski definition) is 3. The van der Waals surface area contributed by atoms with E-state index in [0.29, 0.717) is 25.9 Å². The molecule has 0 bridgehead atoms. The molecule has 0 aromatic rings. The number of amides is 1. The summed E-state index contributed by atoms with van der Waals surface area (Å²) in [5, 5.41) is 23.5. The number of nitrogens with one attached hydrogen (secondary N) is 1. The van der Waals surface area contributed by atoms with Crippen LogP contribution in [-0.4, -0.2) is 47.4 Å². The smallest absolute Gasteiger partial charge is 0.305 e. The monoisotopic (exact) mass is 1270 g/mol. The molecule has 0 saturated heterocycles. The molecular formula is C84H163NO5. The van der Waals surface area contributed by atoms with Crippen LogP contribution in [0.5, 0.6) is 0 Å². The summed E-state index contributed by atoms with van der Waals surface area (Å²) in [5.41, 5.74) is 0. The number of hydrogen-bond acceptors (Lipinski definition) is 5. The quantitative estimate of drug-likeness (QED) is 0.0320. The summed E-state index contributed by atoms with van der Waals surface area (Å²) < 4.78 is 5.50. The fraction of sp³-hybridized carbons (Fsp3) is 0.929. The number of aliphatic hydroxyl groups is 2. The molecule has 0 heterocycles. The summed E-state index contributed by atoms with van der Waals surface area (Å²) in [5.74, 6) is -0.0142. The maximum atomic E-state index is 12.6. The second kappa shape index (κ2) is 79.8. The first-order chi connectivity index (χ1) is 44.5. The molecule has 0 rings (SSSR count). The molecule has 0 aliphatic carbocycles. The van der Waals surface area contributed by atoms with Crippen molar-refractivity contribution < 1.29 is 24.5 Å². The van der Waals surface area contributed by atoms with E-state index >= 15 is 0 Å². The van der Waals surface area contributed by atoms with E-state index in [1.54, 1.807) is 0 Å². The Bertz CT molecular complexity index is 1410. The van der Waals surface area contributed by atoms with E-state index in [9.17, 15) is 19.8 Å². The summed E-state index contributed by atoms with van der Waals surface area (Å²) in [7, 11) is 0. The zero-order valence-electron chi connectivity index (χ0n) is 61.4. The van der Waals surface area contributed by atoms with Crippen LogP contribution in [0.3, 0.4) is 0 Å². The van der Waals surface area contributed by atoms with Gasteiger partial charge in [-0.3, -0.25) is 9.59 Å². The Morgan fingerprint density at radius 2 is 0.522 bits per heavy atom. The normalized spacial score (nSPS) is 12.5. The van der Waals surface area contributed by atoms with Crippen molar-refractivity contribution in [2.75, 3.05) is 13.2 Å². The van der Waals surface area contributed by atoms with E-state index in [-0.39, 0.29) is 18.5 Å². The fourth-order valence-corrected chi connectivity index (χ4v) is 13.4. The van der Waals surface area contributed by atoms with Crippen molar-refractivity contribution in [1.29, 1.82) is 0 Å². The SMILES string of the molecule is CCCCCCCCC/C=C\CCCCCCCC(=O)OCCCCCCCCCCCCCC/C=C\CCCCCCCCCCCCCCCCCCC(=O)NC(CO)C(O)CCCCCCCCCCCCCCCCCCCCCCCCCCC. The Balaban J connectivity index is 3.35. The van der Waals surface area contributed by atoms with Gasteiger partial charge in [-0.05, 0) is 77.0 Å². The largest absolute Gasteiger partial charge is 0.466 e. The maximum absolute atomic E-state index is 12.6. The zero-order chi connectivity index (χ0) is 64.9. The highest BCUT2D eigenvalue weighted by Gasteiger charge is 2.20. The third-order valence-electron chi connectivity index (χ3n) is 19.7. The minimum atomic E-state index is -0.664. The molecule has 0 aliphatic heterocycles. The van der Waals surface area contributed by atoms with E-state index in [0.717, 1.165) is 44.9 Å². The summed E-state index contributed by atoms with van der Waals surface area (Å²) in [6.07, 6.45) is 103. The van der Waals surface area contributed by atoms with Gasteiger partial charge in [0.05, 0.1) is 25.4 Å². The number of ether oxygens (including phenoxy) is 1. The van der Waals surface area contributed by atoms with Crippen LogP contribution in [0.15, 0.2) is 24.3 Å². The standard InChI is InChI=1S/C84H163NO5/c1-3-5-7-9-11-13-15-17-19-21-22-23-24-33-36-39-42-45-48-52-56-60-64-68-72-76-82(87)81(80-86)85-83(88)77-73-69-65-61-57-53-49-46-43-40-37-34-31-29-27-25-26-28-30-32-35-38-41-44-47-51-55-59-63-67-71-75-79-90-84(89)78-74-70-66-62-58-54-50-20-18-16-14-12-10-8-6-4-2/h20,28,30,50,81-82,86-87H,3-19,21-27,29,31-49,51-80H2,1-2H3,(H,85,88)/b30-28-,50-20-. The molecule has 534 valence electrons. The minimum absolute atomic E-state index is 0.0120. The molecule has 0 radical (unpaired) electrons. The van der Waals surface area contributed by atoms with Crippen LogP contribution in [0.4, 0.5) is 0 Å². The number of unbranched alkanes of at least 4 members (excludes halogenated alkanes) is 64. The molecule has 0 aromatic heterocycles. The second-order valence-corrected chi connectivity index (χ2v) is 28.8. The number of carbonyl (C=O) groups excluding carboxylic acids is 2. The van der Waals surface area contributed by atoms with Crippen LogP contribution in [-0.2, 0) is 14.3 Å². The average Bonchev–Trinajstić information content (AvgIpc) is 3.71. The van der Waals surface area contributed by atoms with Gasteiger partial charge < -0.3 is 20.3 Å². The third-order valence-corrected chi connectivity index (χ3v) is 19.7. The predicted molar refractivity (Wildman–Crippen MR) is 398 cm³/mol. The van der Waals surface area contributed by atoms with Gasteiger partial charge >= 0.3 is 5.97 Å². The summed E-state index contributed by atoms with van der Waals surface area (Å²) in [6, 6.07) is -0.541. The predicted octanol–water partition coefficient (Wildman–Crippen LogP) is 27.6. The van der Waals surface area contributed by atoms with Crippen LogP contribution in [0.25, 0.3) is 0 Å². The average molecular weight is 1270 g/mol. The second-order valence-electron chi connectivity index (χ2n) is 28.8. The molecule has 2 atom stereocenters. The van der Waals surface area contributed by atoms with Crippen LogP contribution < -0.4 is 5.32 Å². The van der Waals surface area contributed by atoms with Gasteiger partial charge in [-0.25, -0.2) is 0 Å². The Morgan fingerprint density at radius 1 is 0.300 bits per heavy atom. The Kier molecular flexibility index (Phi) is 78.3. The van der Waals surface area contributed by atoms with Gasteiger partial charge in [0, 0.05) is 12.8 Å². The molecule has 0 saturated carbocycles. The fourth-order valence-electron chi connectivity index (χ4n) is 13.4. The zero-order valence-corrected chi connectivity index (χ0v) is 61.4. The van der Waals surface area contributed by atoms with Crippen LogP contribution in [0, 0.1) is 0 Å². The first kappa shape index (κ1) is 88.3. The van der Waals surface area contributed by atoms with Gasteiger partial charge in [0.2, 0.25) is 5.91 Å². The Hall–Kier alpha value is -1.66. The first-order valence-corrected chi connectivity index (χ1v) is 41.6. The molecule has 90 heavy (non-hydrogen) atoms. The van der Waals surface area contributed by atoms with Gasteiger partial charge in [0.25, 0.3) is 0 Å². The van der Waals surface area contributed by atoms with E-state index in [4.69, 9.17) is 4.74 Å². The highest BCUT2D eigenvalue weighted by atomic mass is 16.5. The van der Waals surface area contributed by atoms with E-state index in [1.165, 1.54) is 398 Å². The molecule has 0 aliphatic rings. The molecule has 0 spiro atoms. The van der Waals surface area contributed by atoms with Crippen molar-refractivity contribution in [2.24, 2.45) is 0 Å². The molecule has 0 fully saturated rings. The topological polar surface area (TPSA) is 95.9 Å². The summed E-state index contributed by atoms with van der Waals surface area (Å²) >= 11 is 0. The van der Waals surface area contributed by atoms with Crippen LogP contribution in [0.2, 0.25) is 0 Å². The molecule has 3 N–H and O–H groups in total. The van der Waals surface area contributed by atoms with E-state index in [2.05, 4.69) is 43.5 Å². The number of allylic oxidation sites excluding steroid dienone is 4. The lowest BCUT2D eigenvalue weighted by molar-refractivity contribution is -0.143. The van der Waals surface area contributed by atoms with Crippen LogP contribution in [0.1, 0.15) is 476 Å². The van der Waals surface area contributed by atoms with Gasteiger partial charge in [-0.1, -0.05) is 411 Å². The maximum Gasteiger partial charge on any atom is 0.305 e. The lowest BCUT2D eigenvalue weighted by Gasteiger charge is -2.22. The number of esters is 1. The van der Waals surface area contributed by atoms with Crippen LogP contribution >= 0.6 is 0 Å². The van der Waals surface area contributed by atoms with Crippen molar-refractivity contribution in [2.45, 2.75) is 488 Å². The lowest BCUT2D eigenvalue weighted by Crippen LogP contribution is -2.45. The molecule has 6 heteroatoms. The van der Waals surface area contributed by atoms with Crippen molar-refractivity contribution in [3.63, 3.8) is 0 Å². The van der Waals surface area contributed by atoms with Gasteiger partial charge in [-0.2, -0.15) is 0 Å². The van der Waals surface area contributed by atoms with Crippen molar-refractivity contribution >= 4 is 11.9 Å². The molecule has 6 nitrogen and oxygen atoms in total. The van der Waals surface area contributed by atoms with Gasteiger partial charge in [-0.15, -0.1) is 0 Å². The summed E-state index contributed by atoms with van der Waals surface area (Å²) in [4.78, 5) is 24.7. The Morgan fingerprint density at radius 3 is 0.789 bits per heavy atom. The Labute approximate surface area is 564 Å². The molecule has 2 unspecified atom stereocenters. The highest BCUT2D eigenvalue weighted by molar-refractivity contribution is 5.76. The summed E-state index contributed by atoms with van der Waals surface area (Å²) in [6.45, 7) is 5.00. The van der Waals surface area contributed by atoms with E-state index in [1.807, 2.05) is 0 Å². The highest BCUT2D eigenvalue weighted by Crippen LogP contribution is 2.20. The molecule has 1 amide bonds. The van der Waals surface area contributed by atoms with E-state index < -0.39 is 12.1 Å². The number of carbonyl (C=O) groups is 2.